The van der Waals surface area contributed by atoms with Crippen molar-refractivity contribution in [1.29, 1.82) is 0 Å². The molecule has 0 saturated heterocycles. The van der Waals surface area contributed by atoms with Gasteiger partial charge in [0, 0.05) is 24.0 Å². The lowest BCUT2D eigenvalue weighted by Gasteiger charge is -2.16. The van der Waals surface area contributed by atoms with Crippen LogP contribution >= 0.6 is 24.0 Å². The van der Waals surface area contributed by atoms with Crippen LogP contribution in [-0.4, -0.2) is 30.2 Å². The van der Waals surface area contributed by atoms with Gasteiger partial charge < -0.3 is 4.18 Å². The zero-order valence-electron chi connectivity index (χ0n) is 10.4. The number of hydrogen-bond donors (Lipinski definition) is 0. The molecule has 0 spiro atoms. The van der Waals surface area contributed by atoms with Crippen molar-refractivity contribution in [2.24, 2.45) is 0 Å². The molecular formula is C11H14F3NO2S2. The molecule has 19 heavy (non-hydrogen) atoms. The van der Waals surface area contributed by atoms with Crippen molar-refractivity contribution in [2.75, 3.05) is 20.3 Å². The number of nitrogens with zero attached hydrogens (tertiary/aromatic N) is 1. The van der Waals surface area contributed by atoms with Crippen LogP contribution < -0.4 is 0 Å². The molecule has 0 fully saturated rings. The van der Waals surface area contributed by atoms with Crippen LogP contribution in [0.2, 0.25) is 0 Å². The minimum absolute atomic E-state index is 0.0540. The summed E-state index contributed by atoms with van der Waals surface area (Å²) < 4.78 is 41.7. The van der Waals surface area contributed by atoms with E-state index in [9.17, 15) is 13.2 Å². The molecule has 0 aliphatic rings. The fourth-order valence-corrected chi connectivity index (χ4v) is 2.03. The van der Waals surface area contributed by atoms with Crippen molar-refractivity contribution in [3.8, 4) is 0 Å². The highest BCUT2D eigenvalue weighted by Gasteiger charge is 2.31. The highest BCUT2D eigenvalue weighted by atomic mass is 32.2. The van der Waals surface area contributed by atoms with Gasteiger partial charge in [-0.3, -0.25) is 4.84 Å². The summed E-state index contributed by atoms with van der Waals surface area (Å²) in [7, 11) is 1.20. The van der Waals surface area contributed by atoms with E-state index in [0.29, 0.717) is 4.47 Å². The van der Waals surface area contributed by atoms with Crippen LogP contribution in [0.25, 0.3) is 0 Å². The minimum Gasteiger partial charge on any atom is -0.308 e. The Kier molecular flexibility index (Phi) is 7.01. The molecule has 1 aromatic rings. The molecule has 1 aromatic carbocycles. The summed E-state index contributed by atoms with van der Waals surface area (Å²) in [5.41, 5.74) is -3.19. The summed E-state index contributed by atoms with van der Waals surface area (Å²) in [5, 5.41) is 0. The Bertz CT molecular complexity index is 373. The Morgan fingerprint density at radius 3 is 2.37 bits per heavy atom. The van der Waals surface area contributed by atoms with Crippen molar-refractivity contribution in [3.05, 3.63) is 29.8 Å². The van der Waals surface area contributed by atoms with E-state index >= 15 is 0 Å². The molecule has 1 rings (SSSR count). The first-order valence-electron chi connectivity index (χ1n) is 5.35. The van der Waals surface area contributed by atoms with Crippen LogP contribution in [0.15, 0.2) is 29.2 Å². The molecule has 0 heterocycles. The lowest BCUT2D eigenvalue weighted by Crippen LogP contribution is -2.19. The van der Waals surface area contributed by atoms with Crippen molar-refractivity contribution in [2.45, 2.75) is 17.3 Å². The molecule has 0 amide bonds. The van der Waals surface area contributed by atoms with Crippen molar-refractivity contribution < 1.29 is 22.2 Å². The molecule has 0 aliphatic heterocycles. The average molecular weight is 313 g/mol. The van der Waals surface area contributed by atoms with Crippen LogP contribution in [-0.2, 0) is 9.02 Å². The molecule has 0 bridgehead atoms. The maximum Gasteiger partial charge on any atom is 0.458 e. The van der Waals surface area contributed by atoms with Gasteiger partial charge in [0.05, 0.1) is 25.2 Å². The summed E-state index contributed by atoms with van der Waals surface area (Å²) in [6.07, 6.45) is 0. The molecule has 108 valence electrons. The summed E-state index contributed by atoms with van der Waals surface area (Å²) in [4.78, 5) is 5.75. The number of hydrogen-bond acceptors (Lipinski definition) is 5. The largest absolute Gasteiger partial charge is 0.458 e. The van der Waals surface area contributed by atoms with Gasteiger partial charge in [0.2, 0.25) is 0 Å². The number of hydroxylamine groups is 1. The van der Waals surface area contributed by atoms with Gasteiger partial charge in [-0.2, -0.15) is 13.2 Å². The Morgan fingerprint density at radius 1 is 1.16 bits per heavy atom. The SMILES string of the molecule is Cc1ccc(SOCCON(C)SC(F)(F)F)cc1. The van der Waals surface area contributed by atoms with Gasteiger partial charge in [0.25, 0.3) is 0 Å². The van der Waals surface area contributed by atoms with Gasteiger partial charge in [-0.1, -0.05) is 17.7 Å². The van der Waals surface area contributed by atoms with E-state index in [2.05, 4.69) is 0 Å². The third-order valence-electron chi connectivity index (χ3n) is 1.85. The molecule has 0 saturated carbocycles. The van der Waals surface area contributed by atoms with Gasteiger partial charge >= 0.3 is 5.51 Å². The third-order valence-corrected chi connectivity index (χ3v) is 3.17. The van der Waals surface area contributed by atoms with E-state index in [1.54, 1.807) is 0 Å². The molecule has 0 radical (unpaired) electrons. The molecular weight excluding hydrogens is 299 g/mol. The highest BCUT2D eigenvalue weighted by Crippen LogP contribution is 2.32. The fraction of sp³-hybridized carbons (Fsp3) is 0.455. The maximum absolute atomic E-state index is 11.9. The van der Waals surface area contributed by atoms with E-state index in [1.165, 1.54) is 19.1 Å². The third kappa shape index (κ3) is 8.38. The second-order valence-corrected chi connectivity index (χ2v) is 5.56. The summed E-state index contributed by atoms with van der Waals surface area (Å²) >= 11 is 0.828. The van der Waals surface area contributed by atoms with Crippen LogP contribution in [0.1, 0.15) is 5.56 Å². The van der Waals surface area contributed by atoms with Gasteiger partial charge in [-0.05, 0) is 19.1 Å². The standard InChI is InChI=1S/C11H14F3NO2S2/c1-9-3-5-10(6-4-9)18-17-8-7-16-15(2)19-11(12,13)14/h3-6H,7-8H2,1-2H3. The number of aryl methyl sites for hydroxylation is 1. The molecule has 0 atom stereocenters. The summed E-state index contributed by atoms with van der Waals surface area (Å²) in [6, 6.07) is 7.73. The number of halogens is 3. The van der Waals surface area contributed by atoms with Gasteiger partial charge in [-0.15, -0.1) is 4.47 Å². The van der Waals surface area contributed by atoms with Gasteiger partial charge in [0.15, 0.2) is 0 Å². The molecule has 3 nitrogen and oxygen atoms in total. The molecule has 0 N–H and O–H groups in total. The zero-order chi connectivity index (χ0) is 14.3. The number of rotatable bonds is 7. The average Bonchev–Trinajstić information content (AvgIpc) is 2.29. The topological polar surface area (TPSA) is 21.7 Å². The summed E-state index contributed by atoms with van der Waals surface area (Å²) in [6.45, 7) is 2.23. The first kappa shape index (κ1) is 16.6. The summed E-state index contributed by atoms with van der Waals surface area (Å²) in [5.74, 6) is 0. The van der Waals surface area contributed by atoms with E-state index in [0.717, 1.165) is 10.5 Å². The zero-order valence-corrected chi connectivity index (χ0v) is 12.1. The molecule has 0 aromatic heterocycles. The van der Waals surface area contributed by atoms with Gasteiger partial charge in [0.1, 0.15) is 0 Å². The van der Waals surface area contributed by atoms with Crippen LogP contribution in [0.5, 0.6) is 0 Å². The number of benzene rings is 1. The molecule has 0 unspecified atom stereocenters. The second kappa shape index (κ2) is 8.01. The lowest BCUT2D eigenvalue weighted by molar-refractivity contribution is -0.0871. The van der Waals surface area contributed by atoms with E-state index in [4.69, 9.17) is 9.02 Å². The Balaban J connectivity index is 2.09. The predicted octanol–water partition coefficient (Wildman–Crippen LogP) is 4.05. The van der Waals surface area contributed by atoms with Crippen LogP contribution in [0, 0.1) is 6.92 Å². The highest BCUT2D eigenvalue weighted by molar-refractivity contribution is 7.97. The monoisotopic (exact) mass is 313 g/mol. The van der Waals surface area contributed by atoms with Crippen molar-refractivity contribution in [3.63, 3.8) is 0 Å². The van der Waals surface area contributed by atoms with E-state index < -0.39 is 5.51 Å². The Hall–Kier alpha value is -0.410. The molecule has 0 aliphatic carbocycles. The second-order valence-electron chi connectivity index (χ2n) is 3.53. The Morgan fingerprint density at radius 2 is 1.79 bits per heavy atom. The predicted molar refractivity (Wildman–Crippen MR) is 70.3 cm³/mol. The van der Waals surface area contributed by atoms with E-state index in [1.807, 2.05) is 31.2 Å². The van der Waals surface area contributed by atoms with Crippen LogP contribution in [0.3, 0.4) is 0 Å². The van der Waals surface area contributed by atoms with Crippen LogP contribution in [0.4, 0.5) is 13.2 Å². The first-order chi connectivity index (χ1) is 8.87. The van der Waals surface area contributed by atoms with Crippen molar-refractivity contribution in [1.82, 2.24) is 4.47 Å². The molecule has 8 heteroatoms. The lowest BCUT2D eigenvalue weighted by atomic mass is 10.2. The maximum atomic E-state index is 11.9. The normalized spacial score (nSPS) is 12.1. The Labute approximate surface area is 118 Å². The minimum atomic E-state index is -4.34. The quantitative estimate of drug-likeness (QED) is 0.327. The smallest absolute Gasteiger partial charge is 0.308 e. The van der Waals surface area contributed by atoms with Crippen molar-refractivity contribution >= 4 is 24.0 Å². The number of alkyl halides is 3. The fourth-order valence-electron chi connectivity index (χ4n) is 1.08. The van der Waals surface area contributed by atoms with Gasteiger partial charge in [-0.25, -0.2) is 0 Å². The first-order valence-corrected chi connectivity index (χ1v) is 6.87. The van der Waals surface area contributed by atoms with E-state index in [-0.39, 0.29) is 25.2 Å².